The van der Waals surface area contributed by atoms with Gasteiger partial charge in [0.1, 0.15) is 18.5 Å². The largest absolute Gasteiger partial charge is 0.393 e. The molecule has 4 aromatic rings. The van der Waals surface area contributed by atoms with Gasteiger partial charge in [-0.1, -0.05) is 0 Å². The zero-order valence-corrected chi connectivity index (χ0v) is 35.1. The van der Waals surface area contributed by atoms with E-state index in [1.165, 1.54) is 0 Å². The second kappa shape index (κ2) is 17.6. The molecule has 5 atom stereocenters. The maximum atomic E-state index is 12.3. The van der Waals surface area contributed by atoms with Crippen LogP contribution in [0, 0.1) is 15.7 Å². The summed E-state index contributed by atoms with van der Waals surface area (Å²) in [6, 6.07) is 0.435. The van der Waals surface area contributed by atoms with Gasteiger partial charge in [0.15, 0.2) is 37.8 Å². The van der Waals surface area contributed by atoms with Crippen molar-refractivity contribution in [2.24, 2.45) is 11.8 Å². The Balaban J connectivity index is 0.000000141. The summed E-state index contributed by atoms with van der Waals surface area (Å²) in [5.74, 6) is 4.01. The highest BCUT2D eigenvalue weighted by molar-refractivity contribution is 14.1. The Labute approximate surface area is 346 Å². The van der Waals surface area contributed by atoms with Crippen molar-refractivity contribution in [3.63, 3.8) is 0 Å². The molecule has 3 aliphatic heterocycles. The number of nitrogens with zero attached hydrogens (tertiary/aromatic N) is 10. The van der Waals surface area contributed by atoms with Crippen molar-refractivity contribution in [2.45, 2.75) is 121 Å². The monoisotopic (exact) mass is 897 g/mol. The van der Waals surface area contributed by atoms with Crippen molar-refractivity contribution < 1.29 is 19.8 Å². The third-order valence-electron chi connectivity index (χ3n) is 12.0. The van der Waals surface area contributed by atoms with E-state index in [4.69, 9.17) is 10.1 Å². The van der Waals surface area contributed by atoms with Gasteiger partial charge in [-0.05, 0) is 84.6 Å². The Kier molecular flexibility index (Phi) is 12.4. The Morgan fingerprint density at radius 1 is 0.737 bits per heavy atom. The average Bonchev–Trinajstić information content (AvgIpc) is 3.79. The van der Waals surface area contributed by atoms with E-state index in [-0.39, 0.29) is 36.1 Å². The molecule has 3 aliphatic carbocycles. The highest BCUT2D eigenvalue weighted by Crippen LogP contribution is 2.37. The van der Waals surface area contributed by atoms with Gasteiger partial charge in [-0.15, -0.1) is 0 Å². The molecule has 0 bridgehead atoms. The SMILES string of the molecule is CCn1c(C2CC[C@@H](O)C2)nc2c(N[C@H]3CCN(C(=O)C4CC4)C3)ncnc21.CCn1c(I)nc2c(N[C@H]3CCN(C(=O)C4CC4)C3)ncnc21.O[C@@H]1CCNC1. The van der Waals surface area contributed by atoms with Crippen molar-refractivity contribution in [3.8, 4) is 0 Å². The number of aliphatic hydroxyl groups excluding tert-OH is 2. The first-order valence-corrected chi connectivity index (χ1v) is 22.0. The summed E-state index contributed by atoms with van der Waals surface area (Å²) >= 11 is 2.22. The molecule has 5 N–H and O–H groups in total. The number of halogens is 1. The van der Waals surface area contributed by atoms with Crippen LogP contribution < -0.4 is 16.0 Å². The van der Waals surface area contributed by atoms with E-state index in [9.17, 15) is 14.7 Å². The van der Waals surface area contributed by atoms with Crippen molar-refractivity contribution in [3.05, 3.63) is 22.3 Å². The first-order chi connectivity index (χ1) is 27.7. The van der Waals surface area contributed by atoms with Crippen LogP contribution in [-0.4, -0.2) is 134 Å². The fraction of sp³-hybridized carbons (Fsp3) is 0.692. The number of likely N-dealkylation sites (tertiary alicyclic amines) is 2. The molecule has 57 heavy (non-hydrogen) atoms. The van der Waals surface area contributed by atoms with E-state index in [1.54, 1.807) is 12.7 Å². The minimum atomic E-state index is -0.229. The molecule has 10 rings (SSSR count). The van der Waals surface area contributed by atoms with Gasteiger partial charge < -0.3 is 45.1 Å². The van der Waals surface area contributed by atoms with Crippen molar-refractivity contribution in [2.75, 3.05) is 49.9 Å². The number of hydrogen-bond donors (Lipinski definition) is 5. The lowest BCUT2D eigenvalue weighted by Gasteiger charge is -2.17. The van der Waals surface area contributed by atoms with Gasteiger partial charge in [-0.2, -0.15) is 0 Å². The van der Waals surface area contributed by atoms with Crippen LogP contribution in [0.25, 0.3) is 22.3 Å². The van der Waals surface area contributed by atoms with Gasteiger partial charge in [-0.25, -0.2) is 29.9 Å². The van der Waals surface area contributed by atoms with Gasteiger partial charge >= 0.3 is 0 Å². The van der Waals surface area contributed by atoms with Crippen LogP contribution in [0.3, 0.4) is 0 Å². The molecule has 4 aromatic heterocycles. The van der Waals surface area contributed by atoms with E-state index in [1.807, 2.05) is 9.80 Å². The lowest BCUT2D eigenvalue weighted by Crippen LogP contribution is -2.32. The summed E-state index contributed by atoms with van der Waals surface area (Å²) in [5, 5.41) is 28.6. The normalized spacial score (nSPS) is 25.7. The predicted octanol–water partition coefficient (Wildman–Crippen LogP) is 3.11. The number of carbonyl (C=O) groups is 2. The molecule has 6 aliphatic rings. The number of aliphatic hydroxyl groups is 2. The van der Waals surface area contributed by atoms with Gasteiger partial charge in [0, 0.05) is 98.2 Å². The maximum absolute atomic E-state index is 12.3. The van der Waals surface area contributed by atoms with E-state index >= 15 is 0 Å². The Hall–Kier alpha value is -3.75. The number of aromatic nitrogens is 8. The molecule has 17 nitrogen and oxygen atoms in total. The van der Waals surface area contributed by atoms with E-state index < -0.39 is 0 Å². The number of nitrogens with one attached hydrogen (secondary N) is 3. The average molecular weight is 898 g/mol. The third-order valence-corrected chi connectivity index (χ3v) is 12.8. The minimum Gasteiger partial charge on any atom is -0.393 e. The number of imidazole rings is 2. The summed E-state index contributed by atoms with van der Waals surface area (Å²) in [5.41, 5.74) is 3.32. The number of hydrogen-bond acceptors (Lipinski definition) is 13. The van der Waals surface area contributed by atoms with Crippen molar-refractivity contribution in [1.29, 1.82) is 0 Å². The molecule has 18 heteroatoms. The number of anilines is 2. The second-order valence-corrected chi connectivity index (χ2v) is 17.3. The Bertz CT molecular complexity index is 2040. The number of carbonyl (C=O) groups excluding carboxylic acids is 2. The smallest absolute Gasteiger partial charge is 0.225 e. The van der Waals surface area contributed by atoms with Crippen LogP contribution in [-0.2, 0) is 22.7 Å². The second-order valence-electron chi connectivity index (χ2n) is 16.3. The highest BCUT2D eigenvalue weighted by Gasteiger charge is 2.38. The molecule has 1 unspecified atom stereocenters. The molecule has 0 radical (unpaired) electrons. The van der Waals surface area contributed by atoms with Crippen LogP contribution in [0.4, 0.5) is 11.6 Å². The van der Waals surface area contributed by atoms with Gasteiger partial charge in [0.05, 0.1) is 12.2 Å². The summed E-state index contributed by atoms with van der Waals surface area (Å²) in [6.07, 6.45) is 12.5. The molecular formula is C39H56IN13O4. The van der Waals surface area contributed by atoms with Crippen LogP contribution in [0.15, 0.2) is 12.7 Å². The predicted molar refractivity (Wildman–Crippen MR) is 223 cm³/mol. The molecule has 2 amide bonds. The van der Waals surface area contributed by atoms with Gasteiger partial charge in [-0.3, -0.25) is 9.59 Å². The number of amides is 2. The summed E-state index contributed by atoms with van der Waals surface area (Å²) in [6.45, 7) is 10.7. The number of β-amino-alcohol motifs (C(OH)–C–C–N with tert-alkyl or cyclic N) is 1. The molecule has 308 valence electrons. The van der Waals surface area contributed by atoms with Gasteiger partial charge in [0.2, 0.25) is 11.8 Å². The topological polar surface area (TPSA) is 204 Å². The fourth-order valence-electron chi connectivity index (χ4n) is 8.53. The maximum Gasteiger partial charge on any atom is 0.225 e. The molecule has 3 saturated heterocycles. The van der Waals surface area contributed by atoms with E-state index in [0.717, 1.165) is 160 Å². The third kappa shape index (κ3) is 9.12. The lowest BCUT2D eigenvalue weighted by molar-refractivity contribution is -0.132. The highest BCUT2D eigenvalue weighted by atomic mass is 127. The van der Waals surface area contributed by atoms with E-state index in [2.05, 4.69) is 86.4 Å². The van der Waals surface area contributed by atoms with Crippen LogP contribution in [0.1, 0.15) is 89.8 Å². The van der Waals surface area contributed by atoms with Crippen LogP contribution in [0.5, 0.6) is 0 Å². The molecular weight excluding hydrogens is 841 g/mol. The summed E-state index contributed by atoms with van der Waals surface area (Å²) in [4.78, 5) is 55.7. The molecule has 7 heterocycles. The molecule has 0 spiro atoms. The van der Waals surface area contributed by atoms with Crippen molar-refractivity contribution >= 4 is 68.4 Å². The number of fused-ring (bicyclic) bond motifs is 2. The summed E-state index contributed by atoms with van der Waals surface area (Å²) in [7, 11) is 0. The first kappa shape index (κ1) is 40.0. The van der Waals surface area contributed by atoms with Crippen LogP contribution >= 0.6 is 22.6 Å². The molecule has 3 saturated carbocycles. The Morgan fingerprint density at radius 2 is 1.30 bits per heavy atom. The minimum absolute atomic E-state index is 0.0648. The van der Waals surface area contributed by atoms with E-state index in [0.29, 0.717) is 17.7 Å². The van der Waals surface area contributed by atoms with Crippen molar-refractivity contribution in [1.82, 2.24) is 54.2 Å². The first-order valence-electron chi connectivity index (χ1n) is 21.0. The zero-order valence-electron chi connectivity index (χ0n) is 33.0. The standard InChI is InChI=1S/C20H28N6O2.C15H19IN6O.C4H9NO/c1-2-26-18(13-5-6-15(27)9-13)24-16-17(21-11-22-19(16)26)23-14-7-8-25(10-14)20(28)12-3-4-12;1-2-22-13-11(20-15(22)16)12(17-8-18-13)19-10-5-6-21(7-10)14(23)9-3-4-9;6-4-1-2-5-3-4/h11-15,27H,2-10H2,1H3,(H,21,22,23);8-10H,2-7H2,1H3,(H,17,18,19);4-6H,1-3H2/t13?,14-,15+;10-;4-/m001/s1. The number of aryl methyl sites for hydroxylation is 2. The molecule has 6 fully saturated rings. The van der Waals surface area contributed by atoms with Gasteiger partial charge in [0.25, 0.3) is 0 Å². The van der Waals surface area contributed by atoms with Crippen LogP contribution in [0.2, 0.25) is 0 Å². The quantitative estimate of drug-likeness (QED) is 0.121. The fourth-order valence-corrected chi connectivity index (χ4v) is 9.34. The zero-order chi connectivity index (χ0) is 39.6. The Morgan fingerprint density at radius 3 is 1.75 bits per heavy atom. The summed E-state index contributed by atoms with van der Waals surface area (Å²) < 4.78 is 5.14. The molecule has 0 aromatic carbocycles. The number of rotatable bonds is 9. The lowest BCUT2D eigenvalue weighted by atomic mass is 10.1.